The first-order chi connectivity index (χ1) is 11.0. The van der Waals surface area contributed by atoms with Crippen LogP contribution in [0.5, 0.6) is 11.5 Å². The number of sulfonamides is 1. The molecule has 3 rings (SSSR count). The summed E-state index contributed by atoms with van der Waals surface area (Å²) >= 11 is 5.96. The van der Waals surface area contributed by atoms with Gasteiger partial charge in [-0.1, -0.05) is 29.8 Å². The van der Waals surface area contributed by atoms with Crippen molar-refractivity contribution in [2.45, 2.75) is 5.03 Å². The molecule has 0 saturated heterocycles. The molecule has 118 valence electrons. The molecule has 0 atom stereocenters. The van der Waals surface area contributed by atoms with Crippen molar-refractivity contribution in [3.8, 4) is 11.5 Å². The summed E-state index contributed by atoms with van der Waals surface area (Å²) < 4.78 is 32.8. The molecule has 0 amide bonds. The molecule has 0 unspecified atom stereocenters. The van der Waals surface area contributed by atoms with Crippen molar-refractivity contribution in [1.82, 2.24) is 9.97 Å². The quantitative estimate of drug-likeness (QED) is 0.736. The van der Waals surface area contributed by atoms with E-state index < -0.39 is 10.0 Å². The Morgan fingerprint density at radius 2 is 1.91 bits per heavy atom. The van der Waals surface area contributed by atoms with E-state index in [0.717, 1.165) is 0 Å². The molecular weight excluding hydrogens is 338 g/mol. The van der Waals surface area contributed by atoms with Crippen molar-refractivity contribution in [2.75, 3.05) is 4.72 Å². The lowest BCUT2D eigenvalue weighted by molar-refractivity contribution is 0.485. The summed E-state index contributed by atoms with van der Waals surface area (Å²) in [5.74, 6) is 0.917. The molecule has 0 spiro atoms. The fraction of sp³-hybridized carbons (Fsp3) is 0. The fourth-order valence-electron chi connectivity index (χ4n) is 1.88. The Morgan fingerprint density at radius 3 is 2.61 bits per heavy atom. The van der Waals surface area contributed by atoms with Gasteiger partial charge in [-0.15, -0.1) is 0 Å². The minimum atomic E-state index is -3.81. The molecule has 2 N–H and O–H groups in total. The second-order valence-electron chi connectivity index (χ2n) is 4.58. The molecule has 6 nitrogen and oxygen atoms in total. The minimum absolute atomic E-state index is 0.0527. The minimum Gasteiger partial charge on any atom is -0.455 e. The number of anilines is 1. The smallest absolute Gasteiger partial charge is 0.279 e. The summed E-state index contributed by atoms with van der Waals surface area (Å²) in [6.45, 7) is 0. The topological polar surface area (TPSA) is 84.1 Å². The molecule has 3 aromatic rings. The van der Waals surface area contributed by atoms with Gasteiger partial charge in [-0.05, 0) is 30.3 Å². The molecular formula is C15H12ClN3O3S. The van der Waals surface area contributed by atoms with E-state index in [4.69, 9.17) is 16.3 Å². The summed E-state index contributed by atoms with van der Waals surface area (Å²) in [4.78, 5) is 6.25. The Labute approximate surface area is 138 Å². The zero-order valence-electron chi connectivity index (χ0n) is 11.7. The zero-order valence-corrected chi connectivity index (χ0v) is 13.3. The van der Waals surface area contributed by atoms with Crippen LogP contribution in [0.2, 0.25) is 5.02 Å². The summed E-state index contributed by atoms with van der Waals surface area (Å²) in [5, 5.41) is 0.329. The second kappa shape index (κ2) is 6.31. The van der Waals surface area contributed by atoms with E-state index in [1.54, 1.807) is 24.3 Å². The normalized spacial score (nSPS) is 11.2. The van der Waals surface area contributed by atoms with Crippen LogP contribution in [0.15, 0.2) is 66.1 Å². The lowest BCUT2D eigenvalue weighted by Crippen LogP contribution is -2.14. The van der Waals surface area contributed by atoms with Crippen LogP contribution in [-0.4, -0.2) is 18.4 Å². The van der Waals surface area contributed by atoms with Gasteiger partial charge in [-0.2, -0.15) is 8.42 Å². The number of aromatic amines is 1. The van der Waals surface area contributed by atoms with Crippen LogP contribution in [0.4, 0.5) is 5.69 Å². The van der Waals surface area contributed by atoms with Gasteiger partial charge < -0.3 is 9.72 Å². The van der Waals surface area contributed by atoms with Crippen LogP contribution in [0.1, 0.15) is 0 Å². The Morgan fingerprint density at radius 1 is 1.13 bits per heavy atom. The number of hydrogen-bond donors (Lipinski definition) is 2. The highest BCUT2D eigenvalue weighted by Gasteiger charge is 2.18. The number of aromatic nitrogens is 2. The van der Waals surface area contributed by atoms with Crippen LogP contribution < -0.4 is 9.46 Å². The maximum absolute atomic E-state index is 12.3. The highest BCUT2D eigenvalue weighted by molar-refractivity contribution is 7.92. The van der Waals surface area contributed by atoms with Gasteiger partial charge in [-0.3, -0.25) is 4.72 Å². The van der Waals surface area contributed by atoms with Crippen molar-refractivity contribution < 1.29 is 13.2 Å². The third kappa shape index (κ3) is 3.64. The second-order valence-corrected chi connectivity index (χ2v) is 6.66. The third-order valence-corrected chi connectivity index (χ3v) is 4.45. The van der Waals surface area contributed by atoms with Crippen molar-refractivity contribution in [3.05, 3.63) is 66.1 Å². The van der Waals surface area contributed by atoms with Crippen LogP contribution >= 0.6 is 11.6 Å². The Kier molecular flexibility index (Phi) is 4.22. The van der Waals surface area contributed by atoms with Gasteiger partial charge in [0.15, 0.2) is 10.8 Å². The van der Waals surface area contributed by atoms with E-state index in [-0.39, 0.29) is 10.7 Å². The highest BCUT2D eigenvalue weighted by Crippen LogP contribution is 2.33. The van der Waals surface area contributed by atoms with Crippen molar-refractivity contribution >= 4 is 27.3 Å². The number of imidazole rings is 1. The monoisotopic (exact) mass is 349 g/mol. The lowest BCUT2D eigenvalue weighted by Gasteiger charge is -2.13. The molecule has 2 aromatic carbocycles. The maximum Gasteiger partial charge on any atom is 0.279 e. The van der Waals surface area contributed by atoms with Gasteiger partial charge in [-0.25, -0.2) is 4.98 Å². The average molecular weight is 350 g/mol. The van der Waals surface area contributed by atoms with E-state index in [1.807, 2.05) is 18.2 Å². The van der Waals surface area contributed by atoms with Gasteiger partial charge in [0.25, 0.3) is 10.0 Å². The van der Waals surface area contributed by atoms with Crippen LogP contribution in [-0.2, 0) is 10.0 Å². The Bertz CT molecular complexity index is 897. The van der Waals surface area contributed by atoms with Gasteiger partial charge in [0, 0.05) is 5.02 Å². The molecule has 0 fully saturated rings. The van der Waals surface area contributed by atoms with Gasteiger partial charge >= 0.3 is 0 Å². The maximum atomic E-state index is 12.3. The number of rotatable bonds is 5. The van der Waals surface area contributed by atoms with Crippen LogP contribution in [0, 0.1) is 0 Å². The van der Waals surface area contributed by atoms with E-state index >= 15 is 0 Å². The van der Waals surface area contributed by atoms with Crippen LogP contribution in [0.25, 0.3) is 0 Å². The van der Waals surface area contributed by atoms with E-state index in [0.29, 0.717) is 16.5 Å². The van der Waals surface area contributed by atoms with Gasteiger partial charge in [0.1, 0.15) is 5.75 Å². The van der Waals surface area contributed by atoms with E-state index in [2.05, 4.69) is 14.7 Å². The Hall–Kier alpha value is -2.51. The number of para-hydroxylation sites is 1. The number of halogens is 1. The van der Waals surface area contributed by atoms with Crippen LogP contribution in [0.3, 0.4) is 0 Å². The lowest BCUT2D eigenvalue weighted by atomic mass is 10.3. The largest absolute Gasteiger partial charge is 0.455 e. The molecule has 0 saturated carbocycles. The zero-order chi connectivity index (χ0) is 16.3. The van der Waals surface area contributed by atoms with Crippen molar-refractivity contribution in [1.29, 1.82) is 0 Å². The molecule has 0 aliphatic carbocycles. The molecule has 0 aliphatic heterocycles. The number of hydrogen-bond acceptors (Lipinski definition) is 4. The predicted molar refractivity (Wildman–Crippen MR) is 87.4 cm³/mol. The molecule has 23 heavy (non-hydrogen) atoms. The van der Waals surface area contributed by atoms with E-state index in [1.165, 1.54) is 18.6 Å². The number of nitrogens with zero attached hydrogens (tertiary/aromatic N) is 1. The summed E-state index contributed by atoms with van der Waals surface area (Å²) in [5.41, 5.74) is 0.232. The van der Waals surface area contributed by atoms with Gasteiger partial charge in [0.05, 0.1) is 18.2 Å². The standard InChI is InChI=1S/C15H12ClN3O3S/c16-11-6-7-14(22-12-4-2-1-3-5-12)13(8-11)19-23(20,21)15-9-17-10-18-15/h1-10,19H,(H,17,18). The van der Waals surface area contributed by atoms with Gasteiger partial charge in [0.2, 0.25) is 0 Å². The molecule has 0 bridgehead atoms. The average Bonchev–Trinajstić information content (AvgIpc) is 3.06. The molecule has 0 aliphatic rings. The highest BCUT2D eigenvalue weighted by atomic mass is 35.5. The summed E-state index contributed by atoms with van der Waals surface area (Å²) in [6.07, 6.45) is 2.50. The number of ether oxygens (including phenoxy) is 1. The summed E-state index contributed by atoms with van der Waals surface area (Å²) in [6, 6.07) is 13.7. The molecule has 8 heteroatoms. The van der Waals surface area contributed by atoms with Crippen molar-refractivity contribution in [3.63, 3.8) is 0 Å². The molecule has 1 heterocycles. The number of H-pyrrole nitrogens is 1. The first kappa shape index (κ1) is 15.4. The first-order valence-corrected chi connectivity index (χ1v) is 8.44. The number of nitrogens with one attached hydrogen (secondary N) is 2. The summed E-state index contributed by atoms with van der Waals surface area (Å²) in [7, 11) is -3.81. The SMILES string of the molecule is O=S(=O)(Nc1cc(Cl)ccc1Oc1ccccc1)c1cnc[nH]1. The molecule has 1 aromatic heterocycles. The third-order valence-electron chi connectivity index (χ3n) is 2.92. The number of benzene rings is 2. The Balaban J connectivity index is 1.94. The molecule has 0 radical (unpaired) electrons. The fourth-order valence-corrected chi connectivity index (χ4v) is 3.01. The van der Waals surface area contributed by atoms with Crippen molar-refractivity contribution in [2.24, 2.45) is 0 Å². The van der Waals surface area contributed by atoms with E-state index in [9.17, 15) is 8.42 Å². The predicted octanol–water partition coefficient (Wildman–Crippen LogP) is 3.66. The first-order valence-electron chi connectivity index (χ1n) is 6.58.